The first kappa shape index (κ1) is 12.7. The van der Waals surface area contributed by atoms with Crippen LogP contribution in [-0.4, -0.2) is 29.8 Å². The van der Waals surface area contributed by atoms with Crippen molar-refractivity contribution in [1.82, 2.24) is 4.90 Å². The number of carbonyl (C=O) groups excluding carboxylic acids is 1. The van der Waals surface area contributed by atoms with E-state index in [1.807, 2.05) is 6.92 Å². The molecule has 1 aliphatic rings. The van der Waals surface area contributed by atoms with Crippen molar-refractivity contribution in [3.05, 3.63) is 0 Å². The molecule has 0 saturated carbocycles. The number of ketones is 1. The van der Waals surface area contributed by atoms with E-state index in [2.05, 4.69) is 18.7 Å². The molecule has 2 unspecified atom stereocenters. The summed E-state index contributed by atoms with van der Waals surface area (Å²) in [5, 5.41) is 0. The summed E-state index contributed by atoms with van der Waals surface area (Å²) in [4.78, 5) is 14.0. The van der Waals surface area contributed by atoms with Crippen LogP contribution in [0.15, 0.2) is 0 Å². The number of hydrogen-bond acceptors (Lipinski definition) is 2. The zero-order valence-corrected chi connectivity index (χ0v) is 10.5. The Kier molecular flexibility index (Phi) is 5.30. The maximum Gasteiger partial charge on any atom is 0.149 e. The van der Waals surface area contributed by atoms with Crippen molar-refractivity contribution in [2.24, 2.45) is 5.92 Å². The minimum absolute atomic E-state index is 0.144. The molecule has 0 spiro atoms. The molecule has 0 bridgehead atoms. The predicted octanol–water partition coefficient (Wildman–Crippen LogP) is 2.87. The second kappa shape index (κ2) is 6.26. The summed E-state index contributed by atoms with van der Waals surface area (Å²) in [6.45, 7) is 8.54. The zero-order chi connectivity index (χ0) is 11.3. The van der Waals surface area contributed by atoms with E-state index in [9.17, 15) is 4.79 Å². The first-order chi connectivity index (χ1) is 7.19. The molecule has 1 rings (SSSR count). The predicted molar refractivity (Wildman–Crippen MR) is 64.0 cm³/mol. The number of carbonyl (C=O) groups is 1. The topological polar surface area (TPSA) is 20.3 Å². The van der Waals surface area contributed by atoms with E-state index in [-0.39, 0.29) is 6.04 Å². The maximum atomic E-state index is 11.6. The summed E-state index contributed by atoms with van der Waals surface area (Å²) in [7, 11) is 0. The lowest BCUT2D eigenvalue weighted by Gasteiger charge is -2.26. The summed E-state index contributed by atoms with van der Waals surface area (Å²) in [5.41, 5.74) is 0. The summed E-state index contributed by atoms with van der Waals surface area (Å²) < 4.78 is 0. The van der Waals surface area contributed by atoms with Gasteiger partial charge in [0.05, 0.1) is 6.04 Å². The van der Waals surface area contributed by atoms with Crippen LogP contribution in [0.1, 0.15) is 52.9 Å². The van der Waals surface area contributed by atoms with Gasteiger partial charge in [-0.2, -0.15) is 0 Å². The van der Waals surface area contributed by atoms with Gasteiger partial charge in [0, 0.05) is 6.42 Å². The molecule has 0 aliphatic carbocycles. The lowest BCUT2D eigenvalue weighted by Crippen LogP contribution is -2.39. The first-order valence-electron chi connectivity index (χ1n) is 6.45. The number of Topliss-reactive ketones (excluding diaryl/α,β-unsaturated/α-hetero) is 1. The van der Waals surface area contributed by atoms with Crippen molar-refractivity contribution in [3.63, 3.8) is 0 Å². The molecular weight excluding hydrogens is 186 g/mol. The summed E-state index contributed by atoms with van der Waals surface area (Å²) in [6.07, 6.45) is 5.86. The van der Waals surface area contributed by atoms with Gasteiger partial charge >= 0.3 is 0 Å². The van der Waals surface area contributed by atoms with Crippen LogP contribution in [0.2, 0.25) is 0 Å². The Hall–Kier alpha value is -0.370. The Balaban J connectivity index is 2.46. The monoisotopic (exact) mass is 211 g/mol. The number of rotatable bonds is 4. The number of hydrogen-bond donors (Lipinski definition) is 0. The lowest BCUT2D eigenvalue weighted by atomic mass is 9.98. The number of nitrogens with zero attached hydrogens (tertiary/aromatic N) is 1. The van der Waals surface area contributed by atoms with Gasteiger partial charge in [-0.1, -0.05) is 20.3 Å². The SMILES string of the molecule is CCC(=O)C(C)N1CCCC(CC)CC1. The van der Waals surface area contributed by atoms with E-state index in [4.69, 9.17) is 0 Å². The van der Waals surface area contributed by atoms with Gasteiger partial charge in [0.25, 0.3) is 0 Å². The van der Waals surface area contributed by atoms with Crippen LogP contribution in [-0.2, 0) is 4.79 Å². The average molecular weight is 211 g/mol. The standard InChI is InChI=1S/C13H25NO/c1-4-12-7-6-9-14(10-8-12)11(3)13(15)5-2/h11-12H,4-10H2,1-3H3. The highest BCUT2D eigenvalue weighted by Gasteiger charge is 2.22. The highest BCUT2D eigenvalue weighted by molar-refractivity contribution is 5.83. The quantitative estimate of drug-likeness (QED) is 0.712. The van der Waals surface area contributed by atoms with Crippen LogP contribution in [0.3, 0.4) is 0 Å². The fourth-order valence-electron chi connectivity index (χ4n) is 2.48. The van der Waals surface area contributed by atoms with Crippen molar-refractivity contribution in [2.45, 2.75) is 58.9 Å². The molecule has 2 heteroatoms. The molecule has 0 aromatic rings. The fraction of sp³-hybridized carbons (Fsp3) is 0.923. The number of likely N-dealkylation sites (tertiary alicyclic amines) is 1. The Morgan fingerprint density at radius 2 is 2.07 bits per heavy atom. The maximum absolute atomic E-state index is 11.6. The normalized spacial score (nSPS) is 25.9. The van der Waals surface area contributed by atoms with Gasteiger partial charge in [-0.05, 0) is 45.2 Å². The van der Waals surface area contributed by atoms with Gasteiger partial charge in [0.2, 0.25) is 0 Å². The molecule has 2 atom stereocenters. The van der Waals surface area contributed by atoms with Crippen molar-refractivity contribution < 1.29 is 4.79 Å². The molecule has 0 aromatic carbocycles. The molecule has 1 saturated heterocycles. The fourth-order valence-corrected chi connectivity index (χ4v) is 2.48. The van der Waals surface area contributed by atoms with E-state index in [1.54, 1.807) is 0 Å². The average Bonchev–Trinajstić information content (AvgIpc) is 2.51. The van der Waals surface area contributed by atoms with E-state index in [0.717, 1.165) is 19.0 Å². The molecular formula is C13H25NO. The largest absolute Gasteiger partial charge is 0.298 e. The Labute approximate surface area is 94.0 Å². The van der Waals surface area contributed by atoms with Gasteiger partial charge in [-0.25, -0.2) is 0 Å². The van der Waals surface area contributed by atoms with Crippen LogP contribution >= 0.6 is 0 Å². The van der Waals surface area contributed by atoms with Crippen molar-refractivity contribution in [3.8, 4) is 0 Å². The van der Waals surface area contributed by atoms with E-state index in [0.29, 0.717) is 12.2 Å². The van der Waals surface area contributed by atoms with Gasteiger partial charge < -0.3 is 0 Å². The Morgan fingerprint density at radius 3 is 2.67 bits per heavy atom. The van der Waals surface area contributed by atoms with Gasteiger partial charge in [-0.15, -0.1) is 0 Å². The molecule has 0 N–H and O–H groups in total. The van der Waals surface area contributed by atoms with Gasteiger partial charge in [0.1, 0.15) is 5.78 Å². The van der Waals surface area contributed by atoms with Crippen LogP contribution in [0, 0.1) is 5.92 Å². The van der Waals surface area contributed by atoms with Crippen LogP contribution in [0.4, 0.5) is 0 Å². The lowest BCUT2D eigenvalue weighted by molar-refractivity contribution is -0.123. The molecule has 1 fully saturated rings. The summed E-state index contributed by atoms with van der Waals surface area (Å²) in [6, 6.07) is 0.144. The van der Waals surface area contributed by atoms with E-state index < -0.39 is 0 Å². The molecule has 1 heterocycles. The highest BCUT2D eigenvalue weighted by atomic mass is 16.1. The highest BCUT2D eigenvalue weighted by Crippen LogP contribution is 2.21. The third kappa shape index (κ3) is 3.60. The molecule has 15 heavy (non-hydrogen) atoms. The Morgan fingerprint density at radius 1 is 1.33 bits per heavy atom. The third-order valence-corrected chi connectivity index (χ3v) is 3.82. The zero-order valence-electron chi connectivity index (χ0n) is 10.5. The van der Waals surface area contributed by atoms with Crippen molar-refractivity contribution in [2.75, 3.05) is 13.1 Å². The summed E-state index contributed by atoms with van der Waals surface area (Å²) >= 11 is 0. The molecule has 0 amide bonds. The second-order valence-electron chi connectivity index (χ2n) is 4.74. The summed E-state index contributed by atoms with van der Waals surface area (Å²) in [5.74, 6) is 1.28. The molecule has 2 nitrogen and oxygen atoms in total. The van der Waals surface area contributed by atoms with Crippen molar-refractivity contribution in [1.29, 1.82) is 0 Å². The minimum Gasteiger partial charge on any atom is -0.298 e. The second-order valence-corrected chi connectivity index (χ2v) is 4.74. The van der Waals surface area contributed by atoms with Crippen molar-refractivity contribution >= 4 is 5.78 Å². The molecule has 0 aromatic heterocycles. The van der Waals surface area contributed by atoms with Crippen LogP contribution < -0.4 is 0 Å². The van der Waals surface area contributed by atoms with E-state index in [1.165, 1.54) is 25.7 Å². The smallest absolute Gasteiger partial charge is 0.149 e. The minimum atomic E-state index is 0.144. The van der Waals surface area contributed by atoms with Crippen LogP contribution in [0.25, 0.3) is 0 Å². The van der Waals surface area contributed by atoms with E-state index >= 15 is 0 Å². The van der Waals surface area contributed by atoms with Crippen LogP contribution in [0.5, 0.6) is 0 Å². The molecule has 0 radical (unpaired) electrons. The molecule has 1 aliphatic heterocycles. The first-order valence-corrected chi connectivity index (χ1v) is 6.45. The molecule has 88 valence electrons. The van der Waals surface area contributed by atoms with Gasteiger partial charge in [0.15, 0.2) is 0 Å². The third-order valence-electron chi connectivity index (χ3n) is 3.82. The van der Waals surface area contributed by atoms with Gasteiger partial charge in [-0.3, -0.25) is 9.69 Å². The Bertz CT molecular complexity index is 203.